The van der Waals surface area contributed by atoms with E-state index in [9.17, 15) is 13.9 Å². The number of nitrogens with zero attached hydrogens (tertiary/aromatic N) is 2. The number of rotatable bonds is 10. The molecule has 1 heterocycles. The normalized spacial score (nSPS) is 16.6. The van der Waals surface area contributed by atoms with Crippen LogP contribution in [0.15, 0.2) is 72.8 Å². The zero-order chi connectivity index (χ0) is 29.7. The largest absolute Gasteiger partial charge is 0.390 e. The van der Waals surface area contributed by atoms with E-state index in [2.05, 4.69) is 64.4 Å². The highest BCUT2D eigenvalue weighted by atomic mass is 32.1. The summed E-state index contributed by atoms with van der Waals surface area (Å²) in [5.74, 6) is -0.745. The second-order valence-electron chi connectivity index (χ2n) is 12.5. The van der Waals surface area contributed by atoms with Crippen molar-refractivity contribution in [2.24, 2.45) is 0 Å². The lowest BCUT2D eigenvalue weighted by molar-refractivity contribution is 0.122. The monoisotopic (exact) mass is 590 g/mol. The van der Waals surface area contributed by atoms with Crippen LogP contribution < -0.4 is 10.6 Å². The lowest BCUT2D eigenvalue weighted by atomic mass is 9.74. The van der Waals surface area contributed by atoms with Crippen LogP contribution in [0, 0.1) is 11.6 Å². The molecule has 5 nitrogen and oxygen atoms in total. The van der Waals surface area contributed by atoms with Gasteiger partial charge in [0, 0.05) is 23.7 Å². The van der Waals surface area contributed by atoms with Crippen molar-refractivity contribution in [2.45, 2.75) is 82.4 Å². The second kappa shape index (κ2) is 13.0. The van der Waals surface area contributed by atoms with Crippen molar-refractivity contribution in [3.63, 3.8) is 0 Å². The van der Waals surface area contributed by atoms with Crippen LogP contribution in [0.25, 0.3) is 11.3 Å². The molecular weight excluding hydrogens is 550 g/mol. The summed E-state index contributed by atoms with van der Waals surface area (Å²) in [4.78, 5) is 0. The summed E-state index contributed by atoms with van der Waals surface area (Å²) in [5.41, 5.74) is 4.33. The van der Waals surface area contributed by atoms with Crippen molar-refractivity contribution in [1.29, 1.82) is 0 Å². The fraction of sp³-hybridized carbons (Fsp3) is 0.412. The summed E-state index contributed by atoms with van der Waals surface area (Å²) in [6, 6.07) is 21.4. The van der Waals surface area contributed by atoms with Gasteiger partial charge in [0.15, 0.2) is 5.82 Å². The molecule has 222 valence electrons. The first-order chi connectivity index (χ1) is 20.1. The molecule has 4 aromatic rings. The molecule has 3 N–H and O–H groups in total. The van der Waals surface area contributed by atoms with Gasteiger partial charge in [0.25, 0.3) is 0 Å². The number of aliphatic hydroxyl groups excluding tert-OH is 1. The molecule has 5 rings (SSSR count). The molecule has 0 saturated heterocycles. The summed E-state index contributed by atoms with van der Waals surface area (Å²) < 4.78 is 37.2. The average Bonchev–Trinajstić information content (AvgIpc) is 3.44. The molecular formula is C34H40F2N4OS. The van der Waals surface area contributed by atoms with E-state index in [4.69, 9.17) is 0 Å². The maximum Gasteiger partial charge on any atom is 0.168 e. The van der Waals surface area contributed by atoms with Crippen LogP contribution in [0.4, 0.5) is 14.6 Å². The van der Waals surface area contributed by atoms with Gasteiger partial charge in [0.2, 0.25) is 0 Å². The number of halogens is 2. The van der Waals surface area contributed by atoms with Gasteiger partial charge in [0.05, 0.1) is 23.9 Å². The third-order valence-corrected chi connectivity index (χ3v) is 8.87. The highest BCUT2D eigenvalue weighted by Gasteiger charge is 2.35. The predicted octanol–water partition coefficient (Wildman–Crippen LogP) is 7.61. The third-order valence-electron chi connectivity index (χ3n) is 8.34. The number of hydrogen-bond donors (Lipinski definition) is 3. The minimum absolute atomic E-state index is 0.0264. The van der Waals surface area contributed by atoms with Crippen molar-refractivity contribution in [1.82, 2.24) is 14.1 Å². The summed E-state index contributed by atoms with van der Waals surface area (Å²) in [7, 11) is 0. The molecule has 0 radical (unpaired) electrons. The van der Waals surface area contributed by atoms with Gasteiger partial charge in [-0.25, -0.2) is 8.78 Å². The maximum absolute atomic E-state index is 14.1. The Morgan fingerprint density at radius 2 is 1.62 bits per heavy atom. The first-order valence-corrected chi connectivity index (χ1v) is 15.5. The molecule has 2 unspecified atom stereocenters. The third kappa shape index (κ3) is 7.22. The topological polar surface area (TPSA) is 70.1 Å². The number of nitrogens with one attached hydrogen (secondary N) is 2. The molecule has 1 aliphatic rings. The zero-order valence-corrected chi connectivity index (χ0v) is 25.4. The van der Waals surface area contributed by atoms with E-state index in [1.807, 2.05) is 30.3 Å². The molecule has 1 fully saturated rings. The highest BCUT2D eigenvalue weighted by molar-refractivity contribution is 6.99. The Hall–Kier alpha value is -3.20. The minimum atomic E-state index is -0.883. The molecule has 1 aromatic heterocycles. The van der Waals surface area contributed by atoms with E-state index >= 15 is 0 Å². The van der Waals surface area contributed by atoms with Gasteiger partial charge in [-0.05, 0) is 53.5 Å². The molecule has 1 aliphatic carbocycles. The van der Waals surface area contributed by atoms with Crippen LogP contribution in [0.3, 0.4) is 0 Å². The minimum Gasteiger partial charge on any atom is -0.390 e. The molecule has 0 aliphatic heterocycles. The molecule has 3 aromatic carbocycles. The van der Waals surface area contributed by atoms with Crippen molar-refractivity contribution in [2.75, 3.05) is 11.9 Å². The van der Waals surface area contributed by atoms with Crippen LogP contribution in [0.1, 0.15) is 69.6 Å². The SMILES string of the molecule is CC(C)(C)c1cccc(C2(NCC(O)C(Cc3cc(F)cc(F)c3)Nc3nsnc3-c3ccccc3)CCCCC2)c1. The molecule has 1 saturated carbocycles. The number of anilines is 1. The fourth-order valence-electron chi connectivity index (χ4n) is 5.96. The number of hydrogen-bond acceptors (Lipinski definition) is 6. The summed E-state index contributed by atoms with van der Waals surface area (Å²) in [6.45, 7) is 6.96. The Bertz CT molecular complexity index is 1440. The highest BCUT2D eigenvalue weighted by Crippen LogP contribution is 2.39. The van der Waals surface area contributed by atoms with Crippen molar-refractivity contribution >= 4 is 17.5 Å². The Kier molecular flexibility index (Phi) is 9.35. The Morgan fingerprint density at radius 1 is 0.905 bits per heavy atom. The summed E-state index contributed by atoms with van der Waals surface area (Å²) in [5, 5.41) is 18.8. The molecule has 8 heteroatoms. The first kappa shape index (κ1) is 30.3. The Balaban J connectivity index is 1.42. The van der Waals surface area contributed by atoms with Crippen LogP contribution in [0.2, 0.25) is 0 Å². The van der Waals surface area contributed by atoms with E-state index in [1.54, 1.807) is 0 Å². The number of benzene rings is 3. The maximum atomic E-state index is 14.1. The molecule has 0 amide bonds. The first-order valence-electron chi connectivity index (χ1n) is 14.8. The molecule has 2 atom stereocenters. The second-order valence-corrected chi connectivity index (χ2v) is 13.0. The van der Waals surface area contributed by atoms with E-state index in [0.29, 0.717) is 23.6 Å². The van der Waals surface area contributed by atoms with Gasteiger partial charge in [-0.15, -0.1) is 0 Å². The molecule has 0 bridgehead atoms. The van der Waals surface area contributed by atoms with Gasteiger partial charge in [0.1, 0.15) is 17.3 Å². The standard InChI is InChI=1S/C34H40F2N4OS/c1-33(2,3)25-13-10-14-26(20-25)34(15-8-5-9-16-34)37-22-30(41)29(19-23-17-27(35)21-28(36)18-23)38-32-31(39-42-40-32)24-11-6-4-7-12-24/h4,6-7,10-14,17-18,20-21,29-30,37,41H,5,8-9,15-16,19,22H2,1-3H3,(H,38,40). The van der Waals surface area contributed by atoms with Gasteiger partial charge >= 0.3 is 0 Å². The molecule has 0 spiro atoms. The molecule has 42 heavy (non-hydrogen) atoms. The number of aliphatic hydroxyl groups is 1. The Morgan fingerprint density at radius 3 is 2.31 bits per heavy atom. The van der Waals surface area contributed by atoms with E-state index in [1.165, 1.54) is 29.7 Å². The predicted molar refractivity (Wildman–Crippen MR) is 167 cm³/mol. The van der Waals surface area contributed by atoms with Gasteiger partial charge in [-0.1, -0.05) is 94.6 Å². The zero-order valence-electron chi connectivity index (χ0n) is 24.5. The fourth-order valence-corrected chi connectivity index (χ4v) is 6.49. The van der Waals surface area contributed by atoms with Crippen LogP contribution >= 0.6 is 11.7 Å². The van der Waals surface area contributed by atoms with Gasteiger partial charge in [-0.2, -0.15) is 8.75 Å². The van der Waals surface area contributed by atoms with Crippen molar-refractivity contribution in [3.8, 4) is 11.3 Å². The van der Waals surface area contributed by atoms with Gasteiger partial charge < -0.3 is 15.7 Å². The van der Waals surface area contributed by atoms with Gasteiger partial charge in [-0.3, -0.25) is 0 Å². The van der Waals surface area contributed by atoms with Crippen LogP contribution in [-0.2, 0) is 17.4 Å². The lowest BCUT2D eigenvalue weighted by Gasteiger charge is -2.41. The van der Waals surface area contributed by atoms with E-state index in [0.717, 1.165) is 49.0 Å². The van der Waals surface area contributed by atoms with Crippen molar-refractivity contribution < 1.29 is 13.9 Å². The summed E-state index contributed by atoms with van der Waals surface area (Å²) >= 11 is 1.08. The quantitative estimate of drug-likeness (QED) is 0.177. The smallest absolute Gasteiger partial charge is 0.168 e. The summed E-state index contributed by atoms with van der Waals surface area (Å²) in [6.07, 6.45) is 4.69. The van der Waals surface area contributed by atoms with E-state index in [-0.39, 0.29) is 17.4 Å². The lowest BCUT2D eigenvalue weighted by Crippen LogP contribution is -2.51. The van der Waals surface area contributed by atoms with E-state index < -0.39 is 23.8 Å². The van der Waals surface area contributed by atoms with Crippen molar-refractivity contribution in [3.05, 3.63) is 101 Å². The van der Waals surface area contributed by atoms with Crippen LogP contribution in [0.5, 0.6) is 0 Å². The Labute approximate surface area is 251 Å². The number of aromatic nitrogens is 2. The van der Waals surface area contributed by atoms with Crippen LogP contribution in [-0.4, -0.2) is 32.5 Å². The average molecular weight is 591 g/mol.